The van der Waals surface area contributed by atoms with Crippen molar-refractivity contribution < 1.29 is 4.79 Å². The van der Waals surface area contributed by atoms with E-state index in [1.54, 1.807) is 6.08 Å². The molecule has 0 aliphatic rings. The summed E-state index contributed by atoms with van der Waals surface area (Å²) in [6, 6.07) is 0. The number of hydrogen-bond acceptors (Lipinski definition) is 1. The van der Waals surface area contributed by atoms with E-state index in [0.29, 0.717) is 0 Å². The molecular formula is C11H18O. The monoisotopic (exact) mass is 166 g/mol. The molecule has 0 atom stereocenters. The van der Waals surface area contributed by atoms with Crippen molar-refractivity contribution >= 4 is 6.29 Å². The number of allylic oxidation sites excluding steroid dienone is 3. The van der Waals surface area contributed by atoms with Crippen LogP contribution in [0.2, 0.25) is 0 Å². The van der Waals surface area contributed by atoms with E-state index in [2.05, 4.69) is 20.4 Å². The third kappa shape index (κ3) is 3.04. The lowest BCUT2D eigenvalue weighted by atomic mass is 9.79. The van der Waals surface area contributed by atoms with Crippen LogP contribution in [-0.2, 0) is 4.79 Å². The van der Waals surface area contributed by atoms with E-state index in [0.717, 1.165) is 25.5 Å². The summed E-state index contributed by atoms with van der Waals surface area (Å²) in [5.74, 6) is 0. The van der Waals surface area contributed by atoms with Gasteiger partial charge in [0.15, 0.2) is 0 Å². The molecule has 0 amide bonds. The normalized spacial score (nSPS) is 11.8. The quantitative estimate of drug-likeness (QED) is 0.336. The fraction of sp³-hybridized carbons (Fsp3) is 0.545. The van der Waals surface area contributed by atoms with Crippen LogP contribution >= 0.6 is 0 Å². The maximum Gasteiger partial charge on any atom is 0.142 e. The van der Waals surface area contributed by atoms with Gasteiger partial charge in [-0.05, 0) is 30.8 Å². The van der Waals surface area contributed by atoms with Crippen LogP contribution in [0.1, 0.15) is 33.1 Å². The zero-order valence-corrected chi connectivity index (χ0v) is 8.05. The number of aldehydes is 1. The van der Waals surface area contributed by atoms with Crippen molar-refractivity contribution in [2.45, 2.75) is 33.1 Å². The number of hydrogen-bond donors (Lipinski definition) is 0. The maximum atomic E-state index is 10.2. The van der Waals surface area contributed by atoms with Crippen LogP contribution in [0.5, 0.6) is 0 Å². The van der Waals surface area contributed by atoms with Crippen molar-refractivity contribution in [3.8, 4) is 0 Å². The molecule has 0 rings (SSSR count). The lowest BCUT2D eigenvalue weighted by molar-refractivity contribution is -0.104. The topological polar surface area (TPSA) is 17.1 Å². The molecule has 0 saturated heterocycles. The predicted molar refractivity (Wildman–Crippen MR) is 53.0 cm³/mol. The summed E-state index contributed by atoms with van der Waals surface area (Å²) < 4.78 is 0. The van der Waals surface area contributed by atoms with Crippen LogP contribution in [0.4, 0.5) is 0 Å². The Morgan fingerprint density at radius 1 is 1.33 bits per heavy atom. The Bertz CT molecular complexity index is 164. The summed E-state index contributed by atoms with van der Waals surface area (Å²) in [6.07, 6.45) is 9.41. The number of carbonyl (C=O) groups excluding carboxylic acids is 1. The first-order valence-corrected chi connectivity index (χ1v) is 4.48. The van der Waals surface area contributed by atoms with Crippen LogP contribution < -0.4 is 0 Å². The summed E-state index contributed by atoms with van der Waals surface area (Å²) >= 11 is 0. The molecule has 0 spiro atoms. The van der Waals surface area contributed by atoms with Gasteiger partial charge in [-0.15, -0.1) is 6.58 Å². The lowest BCUT2D eigenvalue weighted by Crippen LogP contribution is -2.14. The van der Waals surface area contributed by atoms with Gasteiger partial charge in [0, 0.05) is 0 Å². The van der Waals surface area contributed by atoms with Gasteiger partial charge in [0.2, 0.25) is 0 Å². The van der Waals surface area contributed by atoms with Crippen molar-refractivity contribution in [2.24, 2.45) is 5.41 Å². The van der Waals surface area contributed by atoms with Crippen LogP contribution in [0, 0.1) is 5.41 Å². The molecule has 0 saturated carbocycles. The molecule has 1 heteroatoms. The Morgan fingerprint density at radius 2 is 1.92 bits per heavy atom. The average molecular weight is 166 g/mol. The highest BCUT2D eigenvalue weighted by molar-refractivity contribution is 5.64. The average Bonchev–Trinajstić information content (AvgIpc) is 2.13. The van der Waals surface area contributed by atoms with Gasteiger partial charge in [-0.25, -0.2) is 0 Å². The summed E-state index contributed by atoms with van der Waals surface area (Å²) in [4.78, 5) is 10.2. The van der Waals surface area contributed by atoms with Crippen LogP contribution in [0.3, 0.4) is 0 Å². The van der Waals surface area contributed by atoms with Gasteiger partial charge in [0.25, 0.3) is 0 Å². The van der Waals surface area contributed by atoms with Crippen LogP contribution in [0.15, 0.2) is 24.8 Å². The summed E-state index contributed by atoms with van der Waals surface area (Å²) in [6.45, 7) is 8.01. The van der Waals surface area contributed by atoms with E-state index in [-0.39, 0.29) is 5.41 Å². The first kappa shape index (κ1) is 11.2. The van der Waals surface area contributed by atoms with Gasteiger partial charge in [-0.2, -0.15) is 0 Å². The zero-order chi connectivity index (χ0) is 9.45. The first-order chi connectivity index (χ1) is 5.74. The van der Waals surface area contributed by atoms with Crippen molar-refractivity contribution in [1.82, 2.24) is 0 Å². The van der Waals surface area contributed by atoms with E-state index in [9.17, 15) is 4.79 Å². The second-order valence-corrected chi connectivity index (χ2v) is 3.06. The predicted octanol–water partition coefficient (Wildman–Crippen LogP) is 3.12. The van der Waals surface area contributed by atoms with Gasteiger partial charge in [-0.1, -0.05) is 26.0 Å². The third-order valence-corrected chi connectivity index (χ3v) is 2.49. The highest BCUT2D eigenvalue weighted by Crippen LogP contribution is 2.32. The summed E-state index contributed by atoms with van der Waals surface area (Å²) in [5, 5.41) is 0. The van der Waals surface area contributed by atoms with Gasteiger partial charge < -0.3 is 0 Å². The molecule has 68 valence electrons. The van der Waals surface area contributed by atoms with Gasteiger partial charge in [0.05, 0.1) is 0 Å². The second kappa shape index (κ2) is 5.76. The van der Waals surface area contributed by atoms with Crippen molar-refractivity contribution in [3.05, 3.63) is 24.8 Å². The van der Waals surface area contributed by atoms with E-state index < -0.39 is 0 Å². The van der Waals surface area contributed by atoms with Crippen LogP contribution in [-0.4, -0.2) is 6.29 Å². The molecule has 12 heavy (non-hydrogen) atoms. The van der Waals surface area contributed by atoms with Crippen molar-refractivity contribution in [2.75, 3.05) is 0 Å². The molecule has 0 unspecified atom stereocenters. The van der Waals surface area contributed by atoms with Crippen molar-refractivity contribution in [3.63, 3.8) is 0 Å². The zero-order valence-electron chi connectivity index (χ0n) is 8.05. The minimum absolute atomic E-state index is 0.155. The Balaban J connectivity index is 4.43. The highest BCUT2D eigenvalue weighted by atomic mass is 16.1. The third-order valence-electron chi connectivity index (χ3n) is 2.49. The molecule has 0 heterocycles. The van der Waals surface area contributed by atoms with Gasteiger partial charge in [-0.3, -0.25) is 4.79 Å². The van der Waals surface area contributed by atoms with Gasteiger partial charge in [0.1, 0.15) is 6.29 Å². The van der Waals surface area contributed by atoms with Crippen molar-refractivity contribution in [1.29, 1.82) is 0 Å². The molecule has 0 N–H and O–H groups in total. The molecule has 0 fully saturated rings. The Morgan fingerprint density at radius 3 is 2.25 bits per heavy atom. The fourth-order valence-electron chi connectivity index (χ4n) is 1.37. The number of rotatable bonds is 6. The van der Waals surface area contributed by atoms with E-state index in [4.69, 9.17) is 0 Å². The molecular weight excluding hydrogens is 148 g/mol. The molecule has 0 aromatic heterocycles. The minimum Gasteiger partial charge on any atom is -0.299 e. The summed E-state index contributed by atoms with van der Waals surface area (Å²) in [7, 11) is 0. The van der Waals surface area contributed by atoms with E-state index in [1.165, 1.54) is 0 Å². The first-order valence-electron chi connectivity index (χ1n) is 4.48. The molecule has 0 aliphatic carbocycles. The van der Waals surface area contributed by atoms with E-state index in [1.807, 2.05) is 12.2 Å². The second-order valence-electron chi connectivity index (χ2n) is 3.06. The van der Waals surface area contributed by atoms with Gasteiger partial charge >= 0.3 is 0 Å². The number of carbonyl (C=O) groups is 1. The summed E-state index contributed by atoms with van der Waals surface area (Å²) in [5.41, 5.74) is 0.155. The Labute approximate surface area is 75.2 Å². The molecule has 0 aromatic rings. The smallest absolute Gasteiger partial charge is 0.142 e. The fourth-order valence-corrected chi connectivity index (χ4v) is 1.37. The largest absolute Gasteiger partial charge is 0.299 e. The molecule has 0 radical (unpaired) electrons. The molecule has 0 bridgehead atoms. The Hall–Kier alpha value is -0.850. The highest BCUT2D eigenvalue weighted by Gasteiger charge is 2.20. The van der Waals surface area contributed by atoms with Crippen LogP contribution in [0.25, 0.3) is 0 Å². The molecule has 0 aromatic carbocycles. The minimum atomic E-state index is 0.155. The standard InChI is InChI=1S/C11H18O/c1-4-8-11(5-2,6-3)9-7-10-12/h4,7,9-10H,1,5-6,8H2,2-3H3. The molecule has 0 aliphatic heterocycles. The maximum absolute atomic E-state index is 10.2. The Kier molecular flexibility index (Phi) is 5.35. The SMILES string of the molecule is C=CCC(C=CC=O)(CC)CC. The lowest BCUT2D eigenvalue weighted by Gasteiger charge is -2.26. The van der Waals surface area contributed by atoms with E-state index >= 15 is 0 Å². The molecule has 1 nitrogen and oxygen atoms in total.